The van der Waals surface area contributed by atoms with Gasteiger partial charge in [0.1, 0.15) is 5.75 Å². The van der Waals surface area contributed by atoms with Crippen LogP contribution in [-0.4, -0.2) is 39.2 Å². The number of piperidine rings is 1. The first-order valence-electron chi connectivity index (χ1n) is 9.29. The molecule has 28 heavy (non-hydrogen) atoms. The van der Waals surface area contributed by atoms with Crippen LogP contribution in [0.4, 0.5) is 5.69 Å². The SMILES string of the molecule is CN=C(NCc1ccc(Cl)cc1OC)NC1CCN(c2ccccc2)CC1.I. The van der Waals surface area contributed by atoms with E-state index in [2.05, 4.69) is 50.9 Å². The van der Waals surface area contributed by atoms with Crippen LogP contribution in [0.25, 0.3) is 0 Å². The second-order valence-corrected chi connectivity index (χ2v) is 7.06. The van der Waals surface area contributed by atoms with Crippen LogP contribution in [0.15, 0.2) is 53.5 Å². The van der Waals surface area contributed by atoms with E-state index in [4.69, 9.17) is 16.3 Å². The number of aliphatic imine (C=N–C) groups is 1. The van der Waals surface area contributed by atoms with Crippen LogP contribution in [0, 0.1) is 0 Å². The van der Waals surface area contributed by atoms with Gasteiger partial charge in [0.15, 0.2) is 5.96 Å². The van der Waals surface area contributed by atoms with Gasteiger partial charge in [0, 0.05) is 49.0 Å². The summed E-state index contributed by atoms with van der Waals surface area (Å²) in [6.45, 7) is 2.72. The predicted molar refractivity (Wildman–Crippen MR) is 128 cm³/mol. The molecule has 1 aliphatic heterocycles. The summed E-state index contributed by atoms with van der Waals surface area (Å²) in [5.41, 5.74) is 2.34. The van der Waals surface area contributed by atoms with Crippen molar-refractivity contribution in [1.29, 1.82) is 0 Å². The van der Waals surface area contributed by atoms with Gasteiger partial charge in [-0.3, -0.25) is 4.99 Å². The molecule has 0 atom stereocenters. The van der Waals surface area contributed by atoms with Gasteiger partial charge in [-0.1, -0.05) is 35.9 Å². The Morgan fingerprint density at radius 2 is 1.89 bits per heavy atom. The maximum Gasteiger partial charge on any atom is 0.191 e. The lowest BCUT2D eigenvalue weighted by Crippen LogP contribution is -2.48. The molecule has 1 fully saturated rings. The summed E-state index contributed by atoms with van der Waals surface area (Å²) in [4.78, 5) is 6.80. The van der Waals surface area contributed by atoms with E-state index in [1.165, 1.54) is 5.69 Å². The zero-order chi connectivity index (χ0) is 19.1. The van der Waals surface area contributed by atoms with E-state index in [9.17, 15) is 0 Å². The molecule has 0 radical (unpaired) electrons. The van der Waals surface area contributed by atoms with E-state index in [0.717, 1.165) is 43.2 Å². The highest BCUT2D eigenvalue weighted by atomic mass is 127. The average Bonchev–Trinajstić information content (AvgIpc) is 2.72. The second kappa shape index (κ2) is 11.4. The Labute approximate surface area is 189 Å². The molecule has 0 aromatic heterocycles. The fourth-order valence-corrected chi connectivity index (χ4v) is 3.51. The number of guanidine groups is 1. The molecule has 0 spiro atoms. The predicted octanol–water partition coefficient (Wildman–Crippen LogP) is 4.30. The minimum absolute atomic E-state index is 0. The third-order valence-electron chi connectivity index (χ3n) is 4.88. The lowest BCUT2D eigenvalue weighted by molar-refractivity contribution is 0.409. The van der Waals surface area contributed by atoms with E-state index in [1.807, 2.05) is 18.2 Å². The highest BCUT2D eigenvalue weighted by Crippen LogP contribution is 2.23. The number of hydrogen-bond donors (Lipinski definition) is 2. The van der Waals surface area contributed by atoms with Crippen molar-refractivity contribution >= 4 is 47.2 Å². The number of para-hydroxylation sites is 1. The van der Waals surface area contributed by atoms with Crippen LogP contribution in [0.2, 0.25) is 5.02 Å². The quantitative estimate of drug-likeness (QED) is 0.355. The van der Waals surface area contributed by atoms with E-state index < -0.39 is 0 Å². The molecule has 3 rings (SSSR count). The van der Waals surface area contributed by atoms with E-state index in [1.54, 1.807) is 14.2 Å². The summed E-state index contributed by atoms with van der Waals surface area (Å²) in [6, 6.07) is 16.7. The number of benzene rings is 2. The number of nitrogens with one attached hydrogen (secondary N) is 2. The molecule has 152 valence electrons. The molecule has 2 aromatic rings. The number of anilines is 1. The van der Waals surface area contributed by atoms with Crippen molar-refractivity contribution in [3.63, 3.8) is 0 Å². The van der Waals surface area contributed by atoms with Crippen LogP contribution < -0.4 is 20.3 Å². The van der Waals surface area contributed by atoms with Crippen LogP contribution >= 0.6 is 35.6 Å². The zero-order valence-electron chi connectivity index (χ0n) is 16.3. The van der Waals surface area contributed by atoms with Gasteiger partial charge in [-0.25, -0.2) is 0 Å². The zero-order valence-corrected chi connectivity index (χ0v) is 19.4. The summed E-state index contributed by atoms with van der Waals surface area (Å²) in [7, 11) is 3.45. The van der Waals surface area contributed by atoms with E-state index in [0.29, 0.717) is 17.6 Å². The van der Waals surface area contributed by atoms with Gasteiger partial charge < -0.3 is 20.3 Å². The molecule has 5 nitrogen and oxygen atoms in total. The summed E-state index contributed by atoms with van der Waals surface area (Å²) in [5, 5.41) is 7.58. The van der Waals surface area contributed by atoms with E-state index >= 15 is 0 Å². The first kappa shape index (κ1) is 22.6. The molecular weight excluding hydrogens is 487 g/mol. The molecule has 7 heteroatoms. The Kier molecular flexibility index (Phi) is 9.18. The van der Waals surface area contributed by atoms with Crippen molar-refractivity contribution in [3.05, 3.63) is 59.1 Å². The van der Waals surface area contributed by atoms with Gasteiger partial charge in [0.05, 0.1) is 7.11 Å². The van der Waals surface area contributed by atoms with Crippen molar-refractivity contribution < 1.29 is 4.74 Å². The summed E-state index contributed by atoms with van der Waals surface area (Å²) >= 11 is 6.03. The fourth-order valence-electron chi connectivity index (χ4n) is 3.35. The van der Waals surface area contributed by atoms with Gasteiger partial charge in [-0.05, 0) is 37.1 Å². The van der Waals surface area contributed by atoms with Gasteiger partial charge in [0.2, 0.25) is 0 Å². The Morgan fingerprint density at radius 1 is 1.18 bits per heavy atom. The van der Waals surface area contributed by atoms with Gasteiger partial charge >= 0.3 is 0 Å². The van der Waals surface area contributed by atoms with Crippen LogP contribution in [-0.2, 0) is 6.54 Å². The molecule has 2 N–H and O–H groups in total. The van der Waals surface area contributed by atoms with Crippen molar-refractivity contribution in [2.45, 2.75) is 25.4 Å². The summed E-state index contributed by atoms with van der Waals surface area (Å²) < 4.78 is 5.41. The number of hydrogen-bond acceptors (Lipinski definition) is 3. The molecule has 0 unspecified atom stereocenters. The topological polar surface area (TPSA) is 48.9 Å². The minimum Gasteiger partial charge on any atom is -0.496 e. The van der Waals surface area contributed by atoms with E-state index in [-0.39, 0.29) is 24.0 Å². The molecule has 2 aromatic carbocycles. The first-order chi connectivity index (χ1) is 13.2. The Hall–Kier alpha value is -1.67. The van der Waals surface area contributed by atoms with Gasteiger partial charge in [-0.15, -0.1) is 24.0 Å². The molecule has 1 aliphatic rings. The summed E-state index contributed by atoms with van der Waals surface area (Å²) in [5.74, 6) is 1.59. The lowest BCUT2D eigenvalue weighted by Gasteiger charge is -2.34. The molecule has 1 saturated heterocycles. The highest BCUT2D eigenvalue weighted by Gasteiger charge is 2.20. The Morgan fingerprint density at radius 3 is 2.54 bits per heavy atom. The largest absolute Gasteiger partial charge is 0.496 e. The average molecular weight is 515 g/mol. The standard InChI is InChI=1S/C21H27ClN4O.HI/c1-23-21(24-15-16-8-9-17(22)14-20(16)27-2)25-18-10-12-26(13-11-18)19-6-4-3-5-7-19;/h3-9,14,18H,10-13,15H2,1-2H3,(H2,23,24,25);1H. The molecule has 0 amide bonds. The van der Waals surface area contributed by atoms with Crippen molar-refractivity contribution in [3.8, 4) is 5.75 Å². The maximum atomic E-state index is 6.03. The number of ether oxygens (including phenoxy) is 1. The number of halogens is 2. The third kappa shape index (κ3) is 6.17. The van der Waals surface area contributed by atoms with Crippen LogP contribution in [0.3, 0.4) is 0 Å². The van der Waals surface area contributed by atoms with Crippen LogP contribution in [0.5, 0.6) is 5.75 Å². The number of methoxy groups -OCH3 is 1. The first-order valence-corrected chi connectivity index (χ1v) is 9.67. The monoisotopic (exact) mass is 514 g/mol. The van der Waals surface area contributed by atoms with Crippen molar-refractivity contribution in [2.75, 3.05) is 32.1 Å². The van der Waals surface area contributed by atoms with Crippen LogP contribution in [0.1, 0.15) is 18.4 Å². The number of nitrogens with zero attached hydrogens (tertiary/aromatic N) is 2. The normalized spacial score (nSPS) is 15.0. The molecule has 0 bridgehead atoms. The van der Waals surface area contributed by atoms with Gasteiger partial charge in [0.25, 0.3) is 0 Å². The summed E-state index contributed by atoms with van der Waals surface area (Å²) in [6.07, 6.45) is 2.17. The molecule has 1 heterocycles. The second-order valence-electron chi connectivity index (χ2n) is 6.62. The molecule has 0 saturated carbocycles. The third-order valence-corrected chi connectivity index (χ3v) is 5.11. The smallest absolute Gasteiger partial charge is 0.191 e. The van der Waals surface area contributed by atoms with Crippen molar-refractivity contribution in [1.82, 2.24) is 10.6 Å². The lowest BCUT2D eigenvalue weighted by atomic mass is 10.0. The molecular formula is C21H28ClIN4O. The van der Waals surface area contributed by atoms with Gasteiger partial charge in [-0.2, -0.15) is 0 Å². The Bertz CT molecular complexity index is 764. The minimum atomic E-state index is 0. The highest BCUT2D eigenvalue weighted by molar-refractivity contribution is 14.0. The Balaban J connectivity index is 0.00000280. The fraction of sp³-hybridized carbons (Fsp3) is 0.381. The van der Waals surface area contributed by atoms with Crippen molar-refractivity contribution in [2.24, 2.45) is 4.99 Å². The maximum absolute atomic E-state index is 6.03. The number of rotatable bonds is 5. The molecule has 0 aliphatic carbocycles.